The summed E-state index contributed by atoms with van der Waals surface area (Å²) in [6, 6.07) is 3.52. The van der Waals surface area contributed by atoms with Crippen LogP contribution in [0.3, 0.4) is 0 Å². The lowest BCUT2D eigenvalue weighted by atomic mass is 10.1. The van der Waals surface area contributed by atoms with E-state index in [2.05, 4.69) is 18.8 Å². The first-order chi connectivity index (χ1) is 8.50. The summed E-state index contributed by atoms with van der Waals surface area (Å²) in [5.74, 6) is 1.31. The van der Waals surface area contributed by atoms with E-state index >= 15 is 0 Å². The van der Waals surface area contributed by atoms with E-state index in [9.17, 15) is 4.79 Å². The third-order valence-electron chi connectivity index (χ3n) is 2.95. The first-order valence-electron chi connectivity index (χ1n) is 6.48. The number of nitrogen functional groups attached to an aromatic ring is 1. The molecule has 0 aliphatic carbocycles. The van der Waals surface area contributed by atoms with Crippen LogP contribution in [0.5, 0.6) is 0 Å². The molecule has 0 saturated heterocycles. The molecular weight excluding hydrogens is 226 g/mol. The van der Waals surface area contributed by atoms with E-state index in [1.54, 1.807) is 24.2 Å². The maximum absolute atomic E-state index is 11.9. The quantitative estimate of drug-likeness (QED) is 0.789. The molecule has 1 rings (SSSR count). The topological polar surface area (TPSA) is 59.2 Å². The van der Waals surface area contributed by atoms with Gasteiger partial charge in [0.1, 0.15) is 5.82 Å². The van der Waals surface area contributed by atoms with Crippen LogP contribution >= 0.6 is 0 Å². The molecule has 0 aliphatic rings. The van der Waals surface area contributed by atoms with E-state index in [1.165, 1.54) is 6.42 Å². The zero-order valence-corrected chi connectivity index (χ0v) is 11.5. The number of carbonyl (C=O) groups excluding carboxylic acids is 1. The minimum absolute atomic E-state index is 0.130. The van der Waals surface area contributed by atoms with Gasteiger partial charge in [-0.25, -0.2) is 4.98 Å². The number of nitrogens with zero attached hydrogens (tertiary/aromatic N) is 2. The van der Waals surface area contributed by atoms with E-state index < -0.39 is 0 Å². The molecule has 0 aromatic carbocycles. The largest absolute Gasteiger partial charge is 0.384 e. The fraction of sp³-hybridized carbons (Fsp3) is 0.571. The molecule has 0 unspecified atom stereocenters. The molecular formula is C14H23N3O. The van der Waals surface area contributed by atoms with Crippen LogP contribution < -0.4 is 10.6 Å². The number of unbranched alkanes of at least 4 members (excludes halogenated alkanes) is 1. The Morgan fingerprint density at radius 1 is 1.39 bits per heavy atom. The number of aromatic nitrogens is 1. The van der Waals surface area contributed by atoms with E-state index in [4.69, 9.17) is 5.73 Å². The second kappa shape index (κ2) is 6.99. The van der Waals surface area contributed by atoms with Crippen LogP contribution in [0.25, 0.3) is 0 Å². The van der Waals surface area contributed by atoms with Crippen molar-refractivity contribution in [1.29, 1.82) is 0 Å². The molecule has 0 spiro atoms. The van der Waals surface area contributed by atoms with Crippen molar-refractivity contribution in [3.05, 3.63) is 18.3 Å². The Morgan fingerprint density at radius 2 is 2.11 bits per heavy atom. The number of amides is 1. The Hall–Kier alpha value is -1.58. The Morgan fingerprint density at radius 3 is 2.67 bits per heavy atom. The van der Waals surface area contributed by atoms with E-state index in [-0.39, 0.29) is 5.91 Å². The zero-order chi connectivity index (χ0) is 13.5. The van der Waals surface area contributed by atoms with Gasteiger partial charge in [-0.1, -0.05) is 26.7 Å². The highest BCUT2D eigenvalue weighted by Crippen LogP contribution is 2.15. The Labute approximate surface area is 109 Å². The average molecular weight is 249 g/mol. The maximum Gasteiger partial charge on any atom is 0.226 e. The van der Waals surface area contributed by atoms with Gasteiger partial charge in [-0.05, 0) is 24.5 Å². The molecule has 1 amide bonds. The molecule has 4 heteroatoms. The van der Waals surface area contributed by atoms with Crippen molar-refractivity contribution in [2.24, 2.45) is 5.92 Å². The highest BCUT2D eigenvalue weighted by molar-refractivity contribution is 5.92. The van der Waals surface area contributed by atoms with Gasteiger partial charge in [-0.15, -0.1) is 0 Å². The molecule has 0 saturated carbocycles. The summed E-state index contributed by atoms with van der Waals surface area (Å²) >= 11 is 0. The van der Waals surface area contributed by atoms with Gasteiger partial charge in [0.25, 0.3) is 0 Å². The fourth-order valence-electron chi connectivity index (χ4n) is 1.74. The van der Waals surface area contributed by atoms with Gasteiger partial charge < -0.3 is 10.6 Å². The third-order valence-corrected chi connectivity index (χ3v) is 2.95. The molecule has 0 atom stereocenters. The summed E-state index contributed by atoms with van der Waals surface area (Å²) < 4.78 is 0. The number of anilines is 2. The summed E-state index contributed by atoms with van der Waals surface area (Å²) in [6.45, 7) is 4.40. The minimum Gasteiger partial charge on any atom is -0.384 e. The summed E-state index contributed by atoms with van der Waals surface area (Å²) in [5.41, 5.74) is 6.30. The molecule has 1 heterocycles. The monoisotopic (exact) mass is 249 g/mol. The molecule has 18 heavy (non-hydrogen) atoms. The predicted octanol–water partition coefficient (Wildman–Crippen LogP) is 2.84. The van der Waals surface area contributed by atoms with Crippen LogP contribution in [0.1, 0.15) is 39.5 Å². The summed E-state index contributed by atoms with van der Waals surface area (Å²) in [4.78, 5) is 17.6. The van der Waals surface area contributed by atoms with Crippen molar-refractivity contribution in [3.63, 3.8) is 0 Å². The first kappa shape index (κ1) is 14.5. The third kappa shape index (κ3) is 4.73. The number of hydrogen-bond acceptors (Lipinski definition) is 3. The lowest BCUT2D eigenvalue weighted by Crippen LogP contribution is -2.25. The second-order valence-corrected chi connectivity index (χ2v) is 5.03. The van der Waals surface area contributed by atoms with Crippen LogP contribution in [0.2, 0.25) is 0 Å². The van der Waals surface area contributed by atoms with E-state index in [1.807, 2.05) is 6.07 Å². The molecule has 4 nitrogen and oxygen atoms in total. The number of carbonyl (C=O) groups is 1. The molecule has 0 radical (unpaired) electrons. The van der Waals surface area contributed by atoms with Crippen LogP contribution in [0.4, 0.5) is 11.5 Å². The van der Waals surface area contributed by atoms with E-state index in [0.717, 1.165) is 18.5 Å². The number of hydrogen-bond donors (Lipinski definition) is 1. The summed E-state index contributed by atoms with van der Waals surface area (Å²) in [6.07, 6.45) is 5.45. The van der Waals surface area contributed by atoms with Gasteiger partial charge in [0, 0.05) is 13.5 Å². The Balaban J connectivity index is 2.39. The minimum atomic E-state index is 0.130. The second-order valence-electron chi connectivity index (χ2n) is 5.03. The van der Waals surface area contributed by atoms with Crippen LogP contribution in [0.15, 0.2) is 18.3 Å². The summed E-state index contributed by atoms with van der Waals surface area (Å²) in [5, 5.41) is 0. The maximum atomic E-state index is 11.9. The lowest BCUT2D eigenvalue weighted by Gasteiger charge is -2.17. The molecule has 2 N–H and O–H groups in total. The summed E-state index contributed by atoms with van der Waals surface area (Å²) in [7, 11) is 1.78. The molecule has 0 fully saturated rings. The van der Waals surface area contributed by atoms with Crippen molar-refractivity contribution >= 4 is 17.4 Å². The standard InChI is InChI=1S/C14H23N3O/c1-11(2)6-4-5-7-14(18)17(3)12-8-9-13(15)16-10-12/h8-11H,4-7H2,1-3H3,(H2,15,16). The van der Waals surface area contributed by atoms with Gasteiger partial charge >= 0.3 is 0 Å². The molecule has 0 bridgehead atoms. The predicted molar refractivity (Wildman–Crippen MR) is 75.4 cm³/mol. The normalized spacial score (nSPS) is 10.7. The van der Waals surface area contributed by atoms with Gasteiger partial charge in [0.05, 0.1) is 11.9 Å². The van der Waals surface area contributed by atoms with Crippen molar-refractivity contribution in [2.75, 3.05) is 17.7 Å². The van der Waals surface area contributed by atoms with E-state index in [0.29, 0.717) is 18.2 Å². The SMILES string of the molecule is CC(C)CCCCC(=O)N(C)c1ccc(N)nc1. The van der Waals surface area contributed by atoms with Crippen molar-refractivity contribution in [1.82, 2.24) is 4.98 Å². The zero-order valence-electron chi connectivity index (χ0n) is 11.5. The Kier molecular flexibility index (Phi) is 5.62. The van der Waals surface area contributed by atoms with Crippen LogP contribution in [0, 0.1) is 5.92 Å². The van der Waals surface area contributed by atoms with Crippen LogP contribution in [-0.4, -0.2) is 17.9 Å². The molecule has 0 aliphatic heterocycles. The smallest absolute Gasteiger partial charge is 0.226 e. The number of pyridine rings is 1. The van der Waals surface area contributed by atoms with Gasteiger partial charge in [0.2, 0.25) is 5.91 Å². The first-order valence-corrected chi connectivity index (χ1v) is 6.48. The highest BCUT2D eigenvalue weighted by atomic mass is 16.2. The molecule has 1 aromatic rings. The lowest BCUT2D eigenvalue weighted by molar-refractivity contribution is -0.118. The molecule has 100 valence electrons. The number of nitrogens with two attached hydrogens (primary N) is 1. The average Bonchev–Trinajstić information content (AvgIpc) is 2.34. The fourth-order valence-corrected chi connectivity index (χ4v) is 1.74. The van der Waals surface area contributed by atoms with Crippen molar-refractivity contribution in [2.45, 2.75) is 39.5 Å². The van der Waals surface area contributed by atoms with Crippen molar-refractivity contribution < 1.29 is 4.79 Å². The molecule has 1 aromatic heterocycles. The number of rotatable bonds is 6. The van der Waals surface area contributed by atoms with Gasteiger partial charge in [-0.3, -0.25) is 4.79 Å². The van der Waals surface area contributed by atoms with Crippen LogP contribution in [-0.2, 0) is 4.79 Å². The highest BCUT2D eigenvalue weighted by Gasteiger charge is 2.10. The Bertz CT molecular complexity index is 373. The van der Waals surface area contributed by atoms with Crippen molar-refractivity contribution in [3.8, 4) is 0 Å². The van der Waals surface area contributed by atoms with Gasteiger partial charge in [0.15, 0.2) is 0 Å². The van der Waals surface area contributed by atoms with Gasteiger partial charge in [-0.2, -0.15) is 0 Å².